The Balaban J connectivity index is 1.30. The molecule has 1 aromatic rings. The van der Waals surface area contributed by atoms with E-state index >= 15 is 0 Å². The van der Waals surface area contributed by atoms with Crippen molar-refractivity contribution in [3.63, 3.8) is 0 Å². The molecule has 0 aliphatic heterocycles. The van der Waals surface area contributed by atoms with E-state index in [-0.39, 0.29) is 5.82 Å². The van der Waals surface area contributed by atoms with Crippen molar-refractivity contribution >= 4 is 0 Å². The Morgan fingerprint density at radius 3 is 1.89 bits per heavy atom. The van der Waals surface area contributed by atoms with E-state index in [1.54, 1.807) is 18.2 Å². The van der Waals surface area contributed by atoms with Crippen LogP contribution in [0.15, 0.2) is 36.2 Å². The van der Waals surface area contributed by atoms with E-state index in [0.29, 0.717) is 18.3 Å². The zero-order valence-corrected chi connectivity index (χ0v) is 16.9. The molecule has 2 saturated carbocycles. The highest BCUT2D eigenvalue weighted by atomic mass is 19.1. The zero-order valence-electron chi connectivity index (χ0n) is 16.9. The van der Waals surface area contributed by atoms with Crippen LogP contribution in [0.2, 0.25) is 0 Å². The number of benzene rings is 1. The molecule has 0 atom stereocenters. The minimum Gasteiger partial charge on any atom is -0.207 e. The molecule has 0 amide bonds. The van der Waals surface area contributed by atoms with Crippen molar-refractivity contribution in [2.24, 2.45) is 17.8 Å². The van der Waals surface area contributed by atoms with Gasteiger partial charge in [-0.15, -0.1) is 0 Å². The average Bonchev–Trinajstić information content (AvgIpc) is 2.74. The van der Waals surface area contributed by atoms with Crippen LogP contribution in [0.4, 0.5) is 8.78 Å². The van der Waals surface area contributed by atoms with E-state index in [0.717, 1.165) is 18.3 Å². The van der Waals surface area contributed by atoms with Crippen molar-refractivity contribution in [2.75, 3.05) is 0 Å². The molecule has 0 bridgehead atoms. The maximum atomic E-state index is 13.1. The van der Waals surface area contributed by atoms with Crippen molar-refractivity contribution in [3.8, 4) is 6.07 Å². The van der Waals surface area contributed by atoms with E-state index in [2.05, 4.69) is 0 Å². The smallest absolute Gasteiger partial charge is 0.196 e. The van der Waals surface area contributed by atoms with E-state index in [1.807, 2.05) is 12.1 Å². The number of halogens is 2. The van der Waals surface area contributed by atoms with Crippen LogP contribution in [0.3, 0.4) is 0 Å². The van der Waals surface area contributed by atoms with Gasteiger partial charge in [-0.2, -0.15) is 9.65 Å². The molecular weight excluding hydrogens is 352 g/mol. The van der Waals surface area contributed by atoms with Gasteiger partial charge in [0.2, 0.25) is 0 Å². The Bertz CT molecular complexity index is 657. The highest BCUT2D eigenvalue weighted by Gasteiger charge is 2.25. The molecule has 152 valence electrons. The van der Waals surface area contributed by atoms with Crippen molar-refractivity contribution in [1.29, 1.82) is 5.26 Å². The molecule has 3 rings (SSSR count). The fraction of sp³-hybridized carbons (Fsp3) is 0.640. The summed E-state index contributed by atoms with van der Waals surface area (Å²) < 4.78 is 25.9. The maximum absolute atomic E-state index is 13.1. The second-order valence-electron chi connectivity index (χ2n) is 8.97. The van der Waals surface area contributed by atoms with Crippen LogP contribution in [-0.4, -0.2) is 0 Å². The van der Waals surface area contributed by atoms with E-state index in [4.69, 9.17) is 5.26 Å². The van der Waals surface area contributed by atoms with Crippen LogP contribution >= 0.6 is 0 Å². The minimum atomic E-state index is -0.636. The summed E-state index contributed by atoms with van der Waals surface area (Å²) in [6.07, 6.45) is 16.2. The second-order valence-corrected chi connectivity index (χ2v) is 8.97. The monoisotopic (exact) mass is 385 g/mol. The largest absolute Gasteiger partial charge is 0.207 e. The van der Waals surface area contributed by atoms with Crippen molar-refractivity contribution in [2.45, 2.75) is 83.0 Å². The molecule has 0 spiro atoms. The molecule has 0 unspecified atom stereocenters. The number of rotatable bonds is 7. The van der Waals surface area contributed by atoms with Crippen LogP contribution < -0.4 is 0 Å². The third-order valence-corrected chi connectivity index (χ3v) is 7.14. The van der Waals surface area contributed by atoms with Gasteiger partial charge in [0.15, 0.2) is 5.83 Å². The average molecular weight is 386 g/mol. The maximum Gasteiger partial charge on any atom is 0.196 e. The molecule has 0 heterocycles. The third-order valence-electron chi connectivity index (χ3n) is 7.14. The number of hydrogen-bond donors (Lipinski definition) is 0. The molecule has 1 aromatic carbocycles. The molecule has 2 aliphatic rings. The lowest BCUT2D eigenvalue weighted by atomic mass is 9.74. The normalized spacial score (nSPS) is 28.7. The van der Waals surface area contributed by atoms with Gasteiger partial charge >= 0.3 is 0 Å². The van der Waals surface area contributed by atoms with Crippen LogP contribution in [-0.2, 0) is 0 Å². The molecule has 0 saturated heterocycles. The van der Waals surface area contributed by atoms with Gasteiger partial charge in [-0.3, -0.25) is 0 Å². The summed E-state index contributed by atoms with van der Waals surface area (Å²) in [7, 11) is 0. The predicted octanol–water partition coefficient (Wildman–Crippen LogP) is 7.84. The molecule has 1 nitrogen and oxygen atoms in total. The summed E-state index contributed by atoms with van der Waals surface area (Å²) in [5.74, 6) is 2.30. The lowest BCUT2D eigenvalue weighted by Crippen LogP contribution is -2.17. The van der Waals surface area contributed by atoms with Crippen LogP contribution in [0.5, 0.6) is 0 Å². The number of nitrogens with zero attached hydrogens (tertiary/aromatic N) is 1. The van der Waals surface area contributed by atoms with E-state index in [1.165, 1.54) is 75.8 Å². The van der Waals surface area contributed by atoms with Gasteiger partial charge in [0.05, 0.1) is 0 Å². The molecule has 3 heteroatoms. The first-order valence-corrected chi connectivity index (χ1v) is 11.1. The van der Waals surface area contributed by atoms with Crippen molar-refractivity contribution < 1.29 is 8.78 Å². The Morgan fingerprint density at radius 1 is 0.857 bits per heavy atom. The molecule has 0 N–H and O–H groups in total. The fourth-order valence-corrected chi connectivity index (χ4v) is 5.29. The molecular formula is C25H33F2N. The van der Waals surface area contributed by atoms with Crippen molar-refractivity contribution in [3.05, 3.63) is 47.5 Å². The SMILES string of the molecule is N#CC(F)=CCCC1CCC(CCC2CCC(c3ccc(F)cc3)CC2)CC1. The van der Waals surface area contributed by atoms with Crippen LogP contribution in [0.1, 0.15) is 88.5 Å². The Kier molecular flexibility index (Phi) is 8.07. The summed E-state index contributed by atoms with van der Waals surface area (Å²) in [6, 6.07) is 8.66. The van der Waals surface area contributed by atoms with Crippen molar-refractivity contribution in [1.82, 2.24) is 0 Å². The highest BCUT2D eigenvalue weighted by molar-refractivity contribution is 5.20. The van der Waals surface area contributed by atoms with Gasteiger partial charge in [-0.25, -0.2) is 4.39 Å². The fourth-order valence-electron chi connectivity index (χ4n) is 5.29. The lowest BCUT2D eigenvalue weighted by molar-refractivity contribution is 0.225. The number of allylic oxidation sites excluding steroid dienone is 2. The van der Waals surface area contributed by atoms with E-state index in [9.17, 15) is 8.78 Å². The predicted molar refractivity (Wildman–Crippen MR) is 110 cm³/mol. The van der Waals surface area contributed by atoms with Gasteiger partial charge in [0.1, 0.15) is 11.9 Å². The number of nitriles is 1. The molecule has 2 aliphatic carbocycles. The number of hydrogen-bond acceptors (Lipinski definition) is 1. The minimum absolute atomic E-state index is 0.141. The summed E-state index contributed by atoms with van der Waals surface area (Å²) in [4.78, 5) is 0. The Morgan fingerprint density at radius 2 is 1.36 bits per heavy atom. The summed E-state index contributed by atoms with van der Waals surface area (Å²) in [6.45, 7) is 0. The van der Waals surface area contributed by atoms with Gasteiger partial charge in [0, 0.05) is 0 Å². The molecule has 28 heavy (non-hydrogen) atoms. The van der Waals surface area contributed by atoms with Gasteiger partial charge < -0.3 is 0 Å². The molecule has 0 radical (unpaired) electrons. The lowest BCUT2D eigenvalue weighted by Gasteiger charge is -2.32. The second kappa shape index (κ2) is 10.7. The van der Waals surface area contributed by atoms with Gasteiger partial charge in [0.25, 0.3) is 0 Å². The third kappa shape index (κ3) is 6.43. The molecule has 2 fully saturated rings. The summed E-state index contributed by atoms with van der Waals surface area (Å²) in [5, 5.41) is 8.45. The summed E-state index contributed by atoms with van der Waals surface area (Å²) in [5.41, 5.74) is 1.31. The highest BCUT2D eigenvalue weighted by Crippen LogP contribution is 2.40. The summed E-state index contributed by atoms with van der Waals surface area (Å²) >= 11 is 0. The zero-order chi connectivity index (χ0) is 19.8. The Hall–Kier alpha value is -1.69. The molecule has 0 aromatic heterocycles. The first-order valence-electron chi connectivity index (χ1n) is 11.1. The van der Waals surface area contributed by atoms with E-state index < -0.39 is 5.83 Å². The first kappa shape index (κ1) is 21.0. The van der Waals surface area contributed by atoms with Crippen LogP contribution in [0, 0.1) is 34.9 Å². The first-order chi connectivity index (χ1) is 13.6. The van der Waals surface area contributed by atoms with Crippen LogP contribution in [0.25, 0.3) is 0 Å². The standard InChI is InChI=1S/C25H33F2N/c26-24-16-14-23(15-17-24)22-12-10-21(11-13-22)9-8-20-6-4-19(5-7-20)2-1-3-25(27)18-28/h3,14-17,19-22H,1-2,4-13H2. The Labute approximate surface area is 168 Å². The quantitative estimate of drug-likeness (QED) is 0.438. The van der Waals surface area contributed by atoms with Gasteiger partial charge in [-0.05, 0) is 86.0 Å². The van der Waals surface area contributed by atoms with Gasteiger partial charge in [-0.1, -0.05) is 50.7 Å². The topological polar surface area (TPSA) is 23.8 Å².